The number of para-hydroxylation sites is 1. The number of benzene rings is 2. The van der Waals surface area contributed by atoms with Crippen LogP contribution in [-0.4, -0.2) is 37.4 Å². The molecule has 0 aliphatic carbocycles. The minimum Gasteiger partial charge on any atom is -0.341 e. The maximum Gasteiger partial charge on any atom is 0.155 e. The third-order valence-electron chi connectivity index (χ3n) is 5.42. The number of hydrogen-bond donors (Lipinski definition) is 0. The highest BCUT2D eigenvalue weighted by molar-refractivity contribution is 6.30. The smallest absolute Gasteiger partial charge is 0.155 e. The Balaban J connectivity index is 1.66. The molecule has 3 nitrogen and oxygen atoms in total. The van der Waals surface area contributed by atoms with E-state index in [2.05, 4.69) is 53.2 Å². The van der Waals surface area contributed by atoms with Gasteiger partial charge in [0.2, 0.25) is 0 Å². The highest BCUT2D eigenvalue weighted by Crippen LogP contribution is 2.37. The van der Waals surface area contributed by atoms with Crippen molar-refractivity contribution in [2.24, 2.45) is 0 Å². The van der Waals surface area contributed by atoms with Crippen LogP contribution in [0.2, 0.25) is 5.02 Å². The van der Waals surface area contributed by atoms with Crippen molar-refractivity contribution in [1.29, 1.82) is 0 Å². The third-order valence-corrected chi connectivity index (χ3v) is 5.66. The van der Waals surface area contributed by atoms with Crippen LogP contribution in [-0.2, 0) is 17.6 Å². The number of nitrogens with zero attached hydrogens (tertiary/aromatic N) is 2. The van der Waals surface area contributed by atoms with E-state index in [1.807, 2.05) is 19.1 Å². The average molecular weight is 411 g/mol. The molecule has 0 saturated heterocycles. The van der Waals surface area contributed by atoms with E-state index in [9.17, 15) is 4.79 Å². The number of rotatable bonds is 9. The van der Waals surface area contributed by atoms with Crippen LogP contribution in [0.25, 0.3) is 0 Å². The van der Waals surface area contributed by atoms with Crippen molar-refractivity contribution in [3.05, 3.63) is 70.8 Å². The van der Waals surface area contributed by atoms with E-state index in [1.54, 1.807) is 6.08 Å². The lowest BCUT2D eigenvalue weighted by molar-refractivity contribution is -0.114. The Morgan fingerprint density at radius 3 is 2.69 bits per heavy atom. The zero-order chi connectivity index (χ0) is 20.6. The molecule has 0 saturated carbocycles. The lowest BCUT2D eigenvalue weighted by Gasteiger charge is -2.28. The number of ketones is 1. The fourth-order valence-corrected chi connectivity index (χ4v) is 4.08. The first-order chi connectivity index (χ1) is 14.1. The van der Waals surface area contributed by atoms with Crippen molar-refractivity contribution < 1.29 is 4.79 Å². The Morgan fingerprint density at radius 1 is 1.14 bits per heavy atom. The Morgan fingerprint density at radius 2 is 1.90 bits per heavy atom. The monoisotopic (exact) mass is 410 g/mol. The summed E-state index contributed by atoms with van der Waals surface area (Å²) in [6, 6.07) is 15.0. The summed E-state index contributed by atoms with van der Waals surface area (Å²) in [6.07, 6.45) is 8.37. The maximum absolute atomic E-state index is 11.6. The van der Waals surface area contributed by atoms with Crippen LogP contribution in [0.3, 0.4) is 0 Å². The van der Waals surface area contributed by atoms with Crippen molar-refractivity contribution in [2.75, 3.05) is 31.6 Å². The van der Waals surface area contributed by atoms with Crippen LogP contribution < -0.4 is 4.90 Å². The fourth-order valence-electron chi connectivity index (χ4n) is 3.91. The number of aryl methyl sites for hydroxylation is 2. The number of likely N-dealkylation sites (N-methyl/N-ethyl adjacent to an activating group) is 1. The largest absolute Gasteiger partial charge is 0.341 e. The van der Waals surface area contributed by atoms with Crippen molar-refractivity contribution in [1.82, 2.24) is 4.90 Å². The zero-order valence-corrected chi connectivity index (χ0v) is 18.3. The molecule has 0 bridgehead atoms. The summed E-state index contributed by atoms with van der Waals surface area (Å²) >= 11 is 6.34. The van der Waals surface area contributed by atoms with Gasteiger partial charge in [0.15, 0.2) is 5.78 Å². The van der Waals surface area contributed by atoms with Crippen LogP contribution in [0.15, 0.2) is 54.6 Å². The lowest BCUT2D eigenvalue weighted by atomic mass is 10.0. The summed E-state index contributed by atoms with van der Waals surface area (Å²) in [4.78, 5) is 16.3. The van der Waals surface area contributed by atoms with Crippen LogP contribution in [0, 0.1) is 0 Å². The van der Waals surface area contributed by atoms with Crippen molar-refractivity contribution in [3.63, 3.8) is 0 Å². The van der Waals surface area contributed by atoms with E-state index in [0.717, 1.165) is 50.3 Å². The van der Waals surface area contributed by atoms with E-state index in [1.165, 1.54) is 22.5 Å². The summed E-state index contributed by atoms with van der Waals surface area (Å²) < 4.78 is 0. The van der Waals surface area contributed by atoms with Crippen molar-refractivity contribution in [2.45, 2.75) is 39.0 Å². The van der Waals surface area contributed by atoms with Gasteiger partial charge in [-0.25, -0.2) is 0 Å². The molecule has 1 aliphatic rings. The van der Waals surface area contributed by atoms with Gasteiger partial charge in [-0.15, -0.1) is 0 Å². The summed E-state index contributed by atoms with van der Waals surface area (Å²) in [5.41, 5.74) is 5.28. The first-order valence-corrected chi connectivity index (χ1v) is 11.0. The number of carbonyl (C=O) groups is 1. The Labute approximate surface area is 180 Å². The predicted octanol–water partition coefficient (Wildman–Crippen LogP) is 5.82. The SMILES string of the molecule is CCCC(=O)/C=C/CN(C)CCCN1c2ccccc2CCc2ccc(Cl)cc21. The predicted molar refractivity (Wildman–Crippen MR) is 123 cm³/mol. The highest BCUT2D eigenvalue weighted by Gasteiger charge is 2.20. The Hall–Kier alpha value is -2.10. The molecule has 3 rings (SSSR count). The van der Waals surface area contributed by atoms with Gasteiger partial charge in [0.1, 0.15) is 0 Å². The lowest BCUT2D eigenvalue weighted by Crippen LogP contribution is -2.26. The normalized spacial score (nSPS) is 13.4. The van der Waals surface area contributed by atoms with Gasteiger partial charge < -0.3 is 9.80 Å². The third kappa shape index (κ3) is 5.94. The maximum atomic E-state index is 11.6. The van der Waals surface area contributed by atoms with E-state index in [0.29, 0.717) is 6.42 Å². The Bertz CT molecular complexity index is 862. The first kappa shape index (κ1) is 21.6. The molecule has 0 atom stereocenters. The fraction of sp³-hybridized carbons (Fsp3) is 0.400. The molecule has 154 valence electrons. The molecule has 0 aromatic heterocycles. The summed E-state index contributed by atoms with van der Waals surface area (Å²) in [6.45, 7) is 4.74. The average Bonchev–Trinajstić information content (AvgIpc) is 2.85. The van der Waals surface area contributed by atoms with Gasteiger partial charge in [0.25, 0.3) is 0 Å². The molecule has 2 aromatic rings. The topological polar surface area (TPSA) is 23.6 Å². The van der Waals surface area contributed by atoms with Crippen molar-refractivity contribution >= 4 is 28.8 Å². The molecule has 2 aromatic carbocycles. The van der Waals surface area contributed by atoms with E-state index in [-0.39, 0.29) is 5.78 Å². The van der Waals surface area contributed by atoms with E-state index in [4.69, 9.17) is 11.6 Å². The van der Waals surface area contributed by atoms with Gasteiger partial charge in [-0.3, -0.25) is 4.79 Å². The van der Waals surface area contributed by atoms with Crippen LogP contribution in [0.1, 0.15) is 37.3 Å². The molecular weight excluding hydrogens is 380 g/mol. The molecule has 0 spiro atoms. The van der Waals surface area contributed by atoms with Gasteiger partial charge in [-0.05, 0) is 74.7 Å². The minimum atomic E-state index is 0.218. The molecule has 1 heterocycles. The second kappa shape index (κ2) is 10.6. The van der Waals surface area contributed by atoms with Gasteiger partial charge in [0, 0.05) is 35.9 Å². The molecule has 1 aliphatic heterocycles. The second-order valence-corrected chi connectivity index (χ2v) is 8.22. The van der Waals surface area contributed by atoms with Crippen LogP contribution in [0.4, 0.5) is 11.4 Å². The molecule has 29 heavy (non-hydrogen) atoms. The van der Waals surface area contributed by atoms with Gasteiger partial charge >= 0.3 is 0 Å². The summed E-state index contributed by atoms with van der Waals surface area (Å²) in [7, 11) is 2.11. The summed E-state index contributed by atoms with van der Waals surface area (Å²) in [5, 5.41) is 0.784. The van der Waals surface area contributed by atoms with Crippen molar-refractivity contribution in [3.8, 4) is 0 Å². The number of anilines is 2. The second-order valence-electron chi connectivity index (χ2n) is 7.79. The molecule has 4 heteroatoms. The number of halogens is 1. The number of allylic oxidation sites excluding steroid dienone is 1. The van der Waals surface area contributed by atoms with Gasteiger partial charge in [0.05, 0.1) is 0 Å². The molecule has 0 unspecified atom stereocenters. The van der Waals surface area contributed by atoms with E-state index < -0.39 is 0 Å². The molecule has 0 radical (unpaired) electrons. The van der Waals surface area contributed by atoms with E-state index >= 15 is 0 Å². The van der Waals surface area contributed by atoms with Gasteiger partial charge in [-0.1, -0.05) is 48.9 Å². The van der Waals surface area contributed by atoms with Crippen LogP contribution in [0.5, 0.6) is 0 Å². The molecule has 0 N–H and O–H groups in total. The van der Waals surface area contributed by atoms with Gasteiger partial charge in [-0.2, -0.15) is 0 Å². The first-order valence-electron chi connectivity index (χ1n) is 10.6. The quantitative estimate of drug-likeness (QED) is 0.486. The Kier molecular flexibility index (Phi) is 7.91. The molecular formula is C25H31ClN2O. The molecule has 0 amide bonds. The van der Waals surface area contributed by atoms with Crippen LogP contribution >= 0.6 is 11.6 Å². The number of hydrogen-bond acceptors (Lipinski definition) is 3. The standard InChI is InChI=1S/C25H31ClN2O/c1-3-8-23(29)10-6-16-27(2)17-7-18-28-24-11-5-4-9-20(24)12-13-21-14-15-22(26)19-25(21)28/h4-6,9-11,14-15,19H,3,7-8,12-13,16-18H2,1-2H3/b10-6+. The molecule has 0 fully saturated rings. The minimum absolute atomic E-state index is 0.218. The number of carbonyl (C=O) groups excluding carboxylic acids is 1. The highest BCUT2D eigenvalue weighted by atomic mass is 35.5. The summed E-state index contributed by atoms with van der Waals surface area (Å²) in [5.74, 6) is 0.218. The number of fused-ring (bicyclic) bond motifs is 2. The zero-order valence-electron chi connectivity index (χ0n) is 17.5.